The van der Waals surface area contributed by atoms with Crippen LogP contribution in [0.25, 0.3) is 0 Å². The molecule has 2 heterocycles. The molecule has 3 rings (SSSR count). The van der Waals surface area contributed by atoms with E-state index in [9.17, 15) is 4.39 Å². The molecule has 5 heteroatoms. The van der Waals surface area contributed by atoms with E-state index in [0.717, 1.165) is 31.6 Å². The number of hydrogen-bond acceptors (Lipinski definition) is 3. The molecule has 1 saturated heterocycles. The van der Waals surface area contributed by atoms with Crippen LogP contribution in [-0.2, 0) is 0 Å². The van der Waals surface area contributed by atoms with E-state index in [-0.39, 0.29) is 11.6 Å². The molecule has 1 atom stereocenters. The summed E-state index contributed by atoms with van der Waals surface area (Å²) < 4.78 is 18.9. The molecule has 19 heavy (non-hydrogen) atoms. The van der Waals surface area contributed by atoms with Crippen molar-refractivity contribution in [1.29, 1.82) is 0 Å². The highest BCUT2D eigenvalue weighted by Crippen LogP contribution is 2.27. The van der Waals surface area contributed by atoms with Gasteiger partial charge >= 0.3 is 0 Å². The minimum absolute atomic E-state index is 0.197. The molecule has 0 spiro atoms. The second-order valence-electron chi connectivity index (χ2n) is 4.74. The molecule has 1 aromatic carbocycles. The zero-order valence-electron chi connectivity index (χ0n) is 10.5. The van der Waals surface area contributed by atoms with E-state index >= 15 is 0 Å². The minimum atomic E-state index is -0.383. The Hall–Kier alpha value is -1.88. The summed E-state index contributed by atoms with van der Waals surface area (Å²) >= 11 is 0. The lowest BCUT2D eigenvalue weighted by Crippen LogP contribution is -2.28. The van der Waals surface area contributed by atoms with Crippen molar-refractivity contribution in [1.82, 2.24) is 15.5 Å². The number of para-hydroxylation sites is 1. The quantitative estimate of drug-likeness (QED) is 0.893. The van der Waals surface area contributed by atoms with Gasteiger partial charge < -0.3 is 10.1 Å². The summed E-state index contributed by atoms with van der Waals surface area (Å²) in [6.45, 7) is 2.02. The third-order valence-electron chi connectivity index (χ3n) is 3.36. The first-order valence-electron chi connectivity index (χ1n) is 6.51. The summed E-state index contributed by atoms with van der Waals surface area (Å²) in [6.07, 6.45) is 2.29. The standard InChI is InChI=1S/C14H16FN3O/c15-11-5-1-2-6-13(11)19-14-8-12(17-18-14)10-4-3-7-16-9-10/h1-2,5-6,8,10,16H,3-4,7,9H2,(H,17,18)/t10-/m0/s1. The Bertz CT molecular complexity index is 549. The minimum Gasteiger partial charge on any atom is -0.434 e. The SMILES string of the molecule is Fc1ccccc1Oc1cc([C@H]2CCCNC2)[nH]n1. The Morgan fingerprint density at radius 2 is 2.21 bits per heavy atom. The number of halogens is 1. The normalized spacial score (nSPS) is 19.3. The topological polar surface area (TPSA) is 49.9 Å². The second kappa shape index (κ2) is 5.40. The van der Waals surface area contributed by atoms with E-state index in [1.165, 1.54) is 6.07 Å². The van der Waals surface area contributed by atoms with Crippen molar-refractivity contribution in [2.45, 2.75) is 18.8 Å². The van der Waals surface area contributed by atoms with Crippen LogP contribution in [0.15, 0.2) is 30.3 Å². The molecule has 1 aliphatic rings. The van der Waals surface area contributed by atoms with Gasteiger partial charge in [0.25, 0.3) is 0 Å². The average molecular weight is 261 g/mol. The molecule has 4 nitrogen and oxygen atoms in total. The van der Waals surface area contributed by atoms with Crippen molar-refractivity contribution in [3.8, 4) is 11.6 Å². The van der Waals surface area contributed by atoms with Gasteiger partial charge in [-0.05, 0) is 31.5 Å². The number of rotatable bonds is 3. The highest BCUT2D eigenvalue weighted by molar-refractivity contribution is 5.29. The van der Waals surface area contributed by atoms with Crippen molar-refractivity contribution in [3.63, 3.8) is 0 Å². The Labute approximate surface area is 111 Å². The van der Waals surface area contributed by atoms with Crippen LogP contribution >= 0.6 is 0 Å². The molecule has 1 aromatic heterocycles. The molecular formula is C14H16FN3O. The van der Waals surface area contributed by atoms with Crippen LogP contribution in [0.3, 0.4) is 0 Å². The van der Waals surface area contributed by atoms with Gasteiger partial charge in [0.05, 0.1) is 0 Å². The fraction of sp³-hybridized carbons (Fsp3) is 0.357. The van der Waals surface area contributed by atoms with Crippen molar-refractivity contribution in [2.75, 3.05) is 13.1 Å². The average Bonchev–Trinajstić information content (AvgIpc) is 2.91. The highest BCUT2D eigenvalue weighted by atomic mass is 19.1. The molecule has 0 bridgehead atoms. The van der Waals surface area contributed by atoms with Crippen molar-refractivity contribution in [3.05, 3.63) is 41.8 Å². The van der Waals surface area contributed by atoms with Gasteiger partial charge in [-0.3, -0.25) is 5.10 Å². The zero-order valence-corrected chi connectivity index (χ0v) is 10.5. The summed E-state index contributed by atoms with van der Waals surface area (Å²) in [4.78, 5) is 0. The van der Waals surface area contributed by atoms with E-state index < -0.39 is 0 Å². The van der Waals surface area contributed by atoms with Crippen LogP contribution in [0.4, 0.5) is 4.39 Å². The zero-order chi connectivity index (χ0) is 13.1. The molecule has 100 valence electrons. The molecule has 0 aliphatic carbocycles. The Morgan fingerprint density at radius 3 is 3.00 bits per heavy atom. The Kier molecular flexibility index (Phi) is 3.46. The van der Waals surface area contributed by atoms with Crippen LogP contribution in [0, 0.1) is 5.82 Å². The molecule has 0 amide bonds. The van der Waals surface area contributed by atoms with E-state index in [2.05, 4.69) is 15.5 Å². The summed E-state index contributed by atoms with van der Waals surface area (Å²) in [6, 6.07) is 8.17. The van der Waals surface area contributed by atoms with E-state index in [1.54, 1.807) is 18.2 Å². The van der Waals surface area contributed by atoms with E-state index in [1.807, 2.05) is 6.07 Å². The van der Waals surface area contributed by atoms with Crippen molar-refractivity contribution in [2.24, 2.45) is 0 Å². The van der Waals surface area contributed by atoms with Gasteiger partial charge in [0.15, 0.2) is 11.6 Å². The number of nitrogens with one attached hydrogen (secondary N) is 2. The maximum absolute atomic E-state index is 13.5. The molecule has 0 saturated carbocycles. The number of aromatic amines is 1. The fourth-order valence-corrected chi connectivity index (χ4v) is 2.34. The number of H-pyrrole nitrogens is 1. The molecule has 0 radical (unpaired) electrons. The maximum atomic E-state index is 13.5. The summed E-state index contributed by atoms with van der Waals surface area (Å²) in [5.74, 6) is 0.651. The predicted octanol–water partition coefficient (Wildman–Crippen LogP) is 2.81. The van der Waals surface area contributed by atoms with Gasteiger partial charge in [-0.2, -0.15) is 0 Å². The summed E-state index contributed by atoms with van der Waals surface area (Å²) in [7, 11) is 0. The number of piperidine rings is 1. The summed E-state index contributed by atoms with van der Waals surface area (Å²) in [5.41, 5.74) is 1.04. The van der Waals surface area contributed by atoms with E-state index in [0.29, 0.717) is 11.8 Å². The van der Waals surface area contributed by atoms with E-state index in [4.69, 9.17) is 4.74 Å². The first kappa shape index (κ1) is 12.2. The molecule has 2 N–H and O–H groups in total. The van der Waals surface area contributed by atoms with Gasteiger partial charge in [0, 0.05) is 24.2 Å². The number of ether oxygens (including phenoxy) is 1. The van der Waals surface area contributed by atoms with Crippen LogP contribution in [0.1, 0.15) is 24.5 Å². The monoisotopic (exact) mass is 261 g/mol. The lowest BCUT2D eigenvalue weighted by Gasteiger charge is -2.20. The molecular weight excluding hydrogens is 245 g/mol. The van der Waals surface area contributed by atoms with Gasteiger partial charge in [-0.25, -0.2) is 4.39 Å². The van der Waals surface area contributed by atoms with Crippen molar-refractivity contribution >= 4 is 0 Å². The van der Waals surface area contributed by atoms with Crippen LogP contribution in [0.2, 0.25) is 0 Å². The Morgan fingerprint density at radius 1 is 1.32 bits per heavy atom. The summed E-state index contributed by atoms with van der Waals surface area (Å²) in [5, 5.41) is 10.4. The molecule has 1 aliphatic heterocycles. The Balaban J connectivity index is 1.73. The molecule has 1 fully saturated rings. The maximum Gasteiger partial charge on any atom is 0.238 e. The fourth-order valence-electron chi connectivity index (χ4n) is 2.34. The first-order chi connectivity index (χ1) is 9.33. The van der Waals surface area contributed by atoms with Crippen LogP contribution in [-0.4, -0.2) is 23.3 Å². The lowest BCUT2D eigenvalue weighted by atomic mass is 9.96. The van der Waals surface area contributed by atoms with Crippen molar-refractivity contribution < 1.29 is 9.13 Å². The highest BCUT2D eigenvalue weighted by Gasteiger charge is 2.18. The van der Waals surface area contributed by atoms with Crippen LogP contribution < -0.4 is 10.1 Å². The van der Waals surface area contributed by atoms with Gasteiger partial charge in [0.2, 0.25) is 5.88 Å². The third-order valence-corrected chi connectivity index (χ3v) is 3.36. The first-order valence-corrected chi connectivity index (χ1v) is 6.51. The second-order valence-corrected chi connectivity index (χ2v) is 4.74. The molecule has 2 aromatic rings. The lowest BCUT2D eigenvalue weighted by molar-refractivity contribution is 0.426. The smallest absolute Gasteiger partial charge is 0.238 e. The number of aromatic nitrogens is 2. The number of nitrogens with zero attached hydrogens (tertiary/aromatic N) is 1. The van der Waals surface area contributed by atoms with Gasteiger partial charge in [-0.1, -0.05) is 12.1 Å². The largest absolute Gasteiger partial charge is 0.434 e. The van der Waals surface area contributed by atoms with Crippen LogP contribution in [0.5, 0.6) is 11.6 Å². The van der Waals surface area contributed by atoms with Gasteiger partial charge in [0.1, 0.15) is 0 Å². The third kappa shape index (κ3) is 2.76. The van der Waals surface area contributed by atoms with Gasteiger partial charge in [-0.15, -0.1) is 5.10 Å². The predicted molar refractivity (Wildman–Crippen MR) is 69.9 cm³/mol. The molecule has 0 unspecified atom stereocenters. The number of benzene rings is 1. The number of hydrogen-bond donors (Lipinski definition) is 2.